The minimum Gasteiger partial charge on any atom is -0.495 e. The van der Waals surface area contributed by atoms with E-state index in [0.29, 0.717) is 23.7 Å². The van der Waals surface area contributed by atoms with Crippen molar-refractivity contribution in [2.24, 2.45) is 0 Å². The molecule has 0 saturated heterocycles. The molecule has 2 rings (SSSR count). The molecule has 1 unspecified atom stereocenters. The number of hydrogen-bond donors (Lipinski definition) is 0. The minimum atomic E-state index is 0.0240. The lowest BCUT2D eigenvalue weighted by Crippen LogP contribution is -2.23. The van der Waals surface area contributed by atoms with Crippen molar-refractivity contribution in [3.8, 4) is 11.5 Å². The van der Waals surface area contributed by atoms with Crippen LogP contribution >= 0.6 is 15.9 Å². The molecule has 0 spiro atoms. The van der Waals surface area contributed by atoms with Gasteiger partial charge in [0.1, 0.15) is 21.8 Å². The molecule has 0 bridgehead atoms. The van der Waals surface area contributed by atoms with Crippen LogP contribution in [-0.4, -0.2) is 20.0 Å². The Labute approximate surface area is 103 Å². The van der Waals surface area contributed by atoms with Crippen molar-refractivity contribution in [2.75, 3.05) is 14.2 Å². The molecule has 0 amide bonds. The Kier molecular flexibility index (Phi) is 3.19. The van der Waals surface area contributed by atoms with Crippen LogP contribution in [0.1, 0.15) is 24.3 Å². The second kappa shape index (κ2) is 4.45. The fraction of sp³-hybridized carbons (Fsp3) is 0.417. The number of carbonyl (C=O) groups is 1. The largest absolute Gasteiger partial charge is 0.495 e. The van der Waals surface area contributed by atoms with Gasteiger partial charge in [-0.15, -0.1) is 0 Å². The minimum absolute atomic E-state index is 0.0240. The van der Waals surface area contributed by atoms with Gasteiger partial charge in [-0.3, -0.25) is 4.79 Å². The van der Waals surface area contributed by atoms with E-state index in [-0.39, 0.29) is 5.92 Å². The summed E-state index contributed by atoms with van der Waals surface area (Å²) in [6.45, 7) is 0. The highest BCUT2D eigenvalue weighted by Crippen LogP contribution is 2.41. The molecule has 1 aliphatic rings. The first-order valence-corrected chi connectivity index (χ1v) is 5.90. The van der Waals surface area contributed by atoms with Gasteiger partial charge in [0.25, 0.3) is 0 Å². The number of Topliss-reactive ketones (excluding diaryl/α,β-unsaturated/α-hetero) is 1. The molecule has 1 aromatic carbocycles. The third kappa shape index (κ3) is 1.82. The summed E-state index contributed by atoms with van der Waals surface area (Å²) in [4.78, 5) is 11.4. The third-order valence-electron chi connectivity index (χ3n) is 2.94. The van der Waals surface area contributed by atoms with E-state index in [2.05, 4.69) is 15.9 Å². The second-order valence-electron chi connectivity index (χ2n) is 3.80. The molecule has 3 nitrogen and oxygen atoms in total. The smallest absolute Gasteiger partial charge is 0.140 e. The summed E-state index contributed by atoms with van der Waals surface area (Å²) in [7, 11) is 3.21. The van der Waals surface area contributed by atoms with Crippen molar-refractivity contribution in [1.29, 1.82) is 0 Å². The lowest BCUT2D eigenvalue weighted by Gasteiger charge is -2.25. The molecule has 1 atom stereocenters. The Bertz CT molecular complexity index is 403. The summed E-state index contributed by atoms with van der Waals surface area (Å²) in [5.74, 6) is 1.73. The molecule has 1 fully saturated rings. The van der Waals surface area contributed by atoms with Crippen molar-refractivity contribution >= 4 is 21.7 Å². The zero-order valence-electron chi connectivity index (χ0n) is 9.25. The average Bonchev–Trinajstić information content (AvgIpc) is 2.29. The van der Waals surface area contributed by atoms with E-state index in [0.717, 1.165) is 16.5 Å². The van der Waals surface area contributed by atoms with Gasteiger partial charge in [-0.05, 0) is 40.0 Å². The molecular weight excluding hydrogens is 272 g/mol. The molecule has 86 valence electrons. The van der Waals surface area contributed by atoms with Crippen LogP contribution in [0.2, 0.25) is 0 Å². The molecule has 16 heavy (non-hydrogen) atoms. The SMILES string of the molecule is COc1cc(C2CCC2=O)cc(OC)c1Br. The van der Waals surface area contributed by atoms with Crippen molar-refractivity contribution < 1.29 is 14.3 Å². The van der Waals surface area contributed by atoms with Gasteiger partial charge in [0.05, 0.1) is 14.2 Å². The Balaban J connectivity index is 2.42. The van der Waals surface area contributed by atoms with Crippen LogP contribution in [0.5, 0.6) is 11.5 Å². The van der Waals surface area contributed by atoms with E-state index in [4.69, 9.17) is 9.47 Å². The van der Waals surface area contributed by atoms with Crippen molar-refractivity contribution in [2.45, 2.75) is 18.8 Å². The van der Waals surface area contributed by atoms with E-state index >= 15 is 0 Å². The highest BCUT2D eigenvalue weighted by atomic mass is 79.9. The van der Waals surface area contributed by atoms with E-state index in [1.165, 1.54) is 0 Å². The Morgan fingerprint density at radius 3 is 2.12 bits per heavy atom. The maximum absolute atomic E-state index is 11.4. The van der Waals surface area contributed by atoms with E-state index < -0.39 is 0 Å². The van der Waals surface area contributed by atoms with Crippen LogP contribution in [0.25, 0.3) is 0 Å². The molecule has 0 aliphatic heterocycles. The molecule has 0 heterocycles. The number of benzene rings is 1. The molecule has 4 heteroatoms. The van der Waals surface area contributed by atoms with Gasteiger partial charge in [-0.25, -0.2) is 0 Å². The van der Waals surface area contributed by atoms with Gasteiger partial charge < -0.3 is 9.47 Å². The first-order chi connectivity index (χ1) is 7.67. The van der Waals surface area contributed by atoms with Gasteiger partial charge in [0, 0.05) is 12.3 Å². The predicted molar refractivity (Wildman–Crippen MR) is 64.2 cm³/mol. The number of methoxy groups -OCH3 is 2. The fourth-order valence-corrected chi connectivity index (χ4v) is 2.40. The van der Waals surface area contributed by atoms with Crippen molar-refractivity contribution in [3.05, 3.63) is 22.2 Å². The van der Waals surface area contributed by atoms with Crippen molar-refractivity contribution in [3.63, 3.8) is 0 Å². The van der Waals surface area contributed by atoms with E-state index in [9.17, 15) is 4.79 Å². The number of halogens is 1. The number of rotatable bonds is 3. The van der Waals surface area contributed by atoms with Gasteiger partial charge in [-0.1, -0.05) is 0 Å². The Hall–Kier alpha value is -1.03. The summed E-state index contributed by atoms with van der Waals surface area (Å²) in [6.07, 6.45) is 1.61. The summed E-state index contributed by atoms with van der Waals surface area (Å²) < 4.78 is 11.3. The highest BCUT2D eigenvalue weighted by molar-refractivity contribution is 9.10. The summed E-state index contributed by atoms with van der Waals surface area (Å²) in [5.41, 5.74) is 0.980. The molecule has 0 aromatic heterocycles. The van der Waals surface area contributed by atoms with Crippen LogP contribution < -0.4 is 9.47 Å². The fourth-order valence-electron chi connectivity index (χ4n) is 1.85. The molecule has 0 N–H and O–H groups in total. The summed E-state index contributed by atoms with van der Waals surface area (Å²) in [6, 6.07) is 3.79. The summed E-state index contributed by atoms with van der Waals surface area (Å²) in [5, 5.41) is 0. The zero-order valence-corrected chi connectivity index (χ0v) is 10.8. The van der Waals surface area contributed by atoms with E-state index in [1.54, 1.807) is 14.2 Å². The first-order valence-electron chi connectivity index (χ1n) is 5.11. The highest BCUT2D eigenvalue weighted by Gasteiger charge is 2.30. The van der Waals surface area contributed by atoms with Crippen molar-refractivity contribution in [1.82, 2.24) is 0 Å². The van der Waals surface area contributed by atoms with Crippen LogP contribution in [0.4, 0.5) is 0 Å². The molecular formula is C12H13BrO3. The quantitative estimate of drug-likeness (QED) is 0.856. The third-order valence-corrected chi connectivity index (χ3v) is 3.72. The molecule has 1 aliphatic carbocycles. The maximum atomic E-state index is 11.4. The number of carbonyl (C=O) groups excluding carboxylic acids is 1. The molecule has 1 aromatic rings. The lowest BCUT2D eigenvalue weighted by atomic mass is 9.78. The summed E-state index contributed by atoms with van der Waals surface area (Å²) >= 11 is 3.41. The number of ketones is 1. The monoisotopic (exact) mass is 284 g/mol. The van der Waals surface area contributed by atoms with Crippen LogP contribution in [0.15, 0.2) is 16.6 Å². The van der Waals surface area contributed by atoms with Gasteiger partial charge in [0.15, 0.2) is 0 Å². The standard InChI is InChI=1S/C12H13BrO3/c1-15-10-5-7(8-3-4-9(8)14)6-11(16-2)12(10)13/h5-6,8H,3-4H2,1-2H3. The van der Waals surface area contributed by atoms with E-state index in [1.807, 2.05) is 12.1 Å². The topological polar surface area (TPSA) is 35.5 Å². The predicted octanol–water partition coefficient (Wildman–Crippen LogP) is 2.91. The lowest BCUT2D eigenvalue weighted by molar-refractivity contribution is -0.125. The van der Waals surface area contributed by atoms with Crippen LogP contribution in [0, 0.1) is 0 Å². The van der Waals surface area contributed by atoms with Gasteiger partial charge >= 0.3 is 0 Å². The molecule has 1 saturated carbocycles. The zero-order chi connectivity index (χ0) is 11.7. The average molecular weight is 285 g/mol. The molecule has 0 radical (unpaired) electrons. The number of ether oxygens (including phenoxy) is 2. The second-order valence-corrected chi connectivity index (χ2v) is 4.59. The van der Waals surface area contributed by atoms with Crippen LogP contribution in [0.3, 0.4) is 0 Å². The number of hydrogen-bond acceptors (Lipinski definition) is 3. The van der Waals surface area contributed by atoms with Crippen LogP contribution in [-0.2, 0) is 4.79 Å². The van der Waals surface area contributed by atoms with Gasteiger partial charge in [0.2, 0.25) is 0 Å². The Morgan fingerprint density at radius 2 is 1.81 bits per heavy atom. The normalized spacial score (nSPS) is 19.2. The maximum Gasteiger partial charge on any atom is 0.140 e. The van der Waals surface area contributed by atoms with Gasteiger partial charge in [-0.2, -0.15) is 0 Å². The Morgan fingerprint density at radius 1 is 1.25 bits per heavy atom. The first kappa shape index (κ1) is 11.5.